The molecule has 0 aliphatic heterocycles. The maximum Gasteiger partial charge on any atom is 0.397 e. The average Bonchev–Trinajstić information content (AvgIpc) is 2.92. The first-order chi connectivity index (χ1) is 16.7. The van der Waals surface area contributed by atoms with Crippen LogP contribution in [0.1, 0.15) is 13.3 Å². The minimum Gasteiger partial charge on any atom is -0.421 e. The molecule has 0 heterocycles. The Morgan fingerprint density at radius 2 is 0.971 bits per heavy atom. The summed E-state index contributed by atoms with van der Waals surface area (Å²) in [5.41, 5.74) is 6.08. The highest BCUT2D eigenvalue weighted by molar-refractivity contribution is 7.07. The molecule has 0 unspecified atom stereocenters. The van der Waals surface area contributed by atoms with E-state index in [9.17, 15) is 0 Å². The molecular weight excluding hydrogens is 450 g/mol. The van der Waals surface area contributed by atoms with Crippen molar-refractivity contribution < 1.29 is 8.54 Å². The van der Waals surface area contributed by atoms with Gasteiger partial charge < -0.3 is 14.3 Å². The number of benzene rings is 4. The largest absolute Gasteiger partial charge is 0.421 e. The fourth-order valence-electron chi connectivity index (χ4n) is 4.63. The Balaban J connectivity index is 2.01. The minimum absolute atomic E-state index is 0.570. The van der Waals surface area contributed by atoms with Crippen LogP contribution < -0.4 is 26.5 Å². The number of hydrogen-bond donors (Lipinski definition) is 1. The van der Waals surface area contributed by atoms with Crippen molar-refractivity contribution in [2.45, 2.75) is 19.4 Å². The third-order valence-corrected chi connectivity index (χ3v) is 15.2. The molecule has 0 saturated heterocycles. The molecule has 2 N–H and O–H groups in total. The Morgan fingerprint density at radius 3 is 1.32 bits per heavy atom. The van der Waals surface area contributed by atoms with Gasteiger partial charge in [-0.15, -0.1) is 0 Å². The predicted octanol–water partition coefficient (Wildman–Crippen LogP) is 3.40. The Labute approximate surface area is 205 Å². The number of hydrogen-bond acceptors (Lipinski definition) is 3. The van der Waals surface area contributed by atoms with Gasteiger partial charge >= 0.3 is 8.56 Å². The topological polar surface area (TPSA) is 44.5 Å². The lowest BCUT2D eigenvalue weighted by molar-refractivity contribution is 0.276. The number of nitrogens with two attached hydrogens (primary N) is 1. The van der Waals surface area contributed by atoms with Gasteiger partial charge in [0.25, 0.3) is 0 Å². The van der Waals surface area contributed by atoms with Gasteiger partial charge in [-0.2, -0.15) is 0 Å². The second kappa shape index (κ2) is 11.6. The third kappa shape index (κ3) is 4.99. The summed E-state index contributed by atoms with van der Waals surface area (Å²) in [4.78, 5) is 0. The Kier molecular flexibility index (Phi) is 8.27. The van der Waals surface area contributed by atoms with Crippen LogP contribution in [0.2, 0.25) is 6.04 Å². The van der Waals surface area contributed by atoms with Gasteiger partial charge in [-0.1, -0.05) is 121 Å². The molecule has 0 aliphatic rings. The molecule has 0 aromatic heterocycles. The molecule has 4 rings (SSSR count). The standard InChI is InChI=1S/C29H33NO2Si2/c1-2-31-34(28-20-11-5-12-21-28,29-22-13-6-14-23-29)32-33(25-15-24-30,26-16-7-3-8-17-26)27-18-9-4-10-19-27/h3-14,16-23H,2,15,24-25,30H2,1H3. The van der Waals surface area contributed by atoms with Crippen molar-refractivity contribution in [2.24, 2.45) is 5.73 Å². The summed E-state index contributed by atoms with van der Waals surface area (Å²) >= 11 is 0. The molecule has 0 bridgehead atoms. The van der Waals surface area contributed by atoms with Crippen molar-refractivity contribution in [3.63, 3.8) is 0 Å². The molecule has 0 aliphatic carbocycles. The average molecular weight is 484 g/mol. The molecule has 0 spiro atoms. The zero-order valence-corrected chi connectivity index (χ0v) is 21.8. The summed E-state index contributed by atoms with van der Waals surface area (Å²) in [5.74, 6) is 0. The SMILES string of the molecule is CCO[Si](O[Si](CCCN)(c1ccccc1)c1ccccc1)(c1ccccc1)c1ccccc1. The molecule has 4 aromatic carbocycles. The smallest absolute Gasteiger partial charge is 0.397 e. The summed E-state index contributed by atoms with van der Waals surface area (Å²) in [6.45, 7) is 3.25. The first-order valence-corrected chi connectivity index (χ1v) is 15.9. The van der Waals surface area contributed by atoms with Gasteiger partial charge in [0.1, 0.15) is 0 Å². The van der Waals surface area contributed by atoms with Crippen LogP contribution >= 0.6 is 0 Å². The summed E-state index contributed by atoms with van der Waals surface area (Å²) in [7, 11) is -5.83. The van der Waals surface area contributed by atoms with Crippen LogP contribution in [0.25, 0.3) is 0 Å². The van der Waals surface area contributed by atoms with Crippen molar-refractivity contribution in [2.75, 3.05) is 13.2 Å². The van der Waals surface area contributed by atoms with E-state index >= 15 is 0 Å². The normalized spacial score (nSPS) is 11.9. The van der Waals surface area contributed by atoms with Gasteiger partial charge in [0.05, 0.1) is 0 Å². The van der Waals surface area contributed by atoms with E-state index in [4.69, 9.17) is 14.3 Å². The molecule has 0 fully saturated rings. The third-order valence-electron chi connectivity index (χ3n) is 6.19. The fourth-order valence-corrected chi connectivity index (χ4v) is 14.5. The monoisotopic (exact) mass is 483 g/mol. The zero-order chi connectivity index (χ0) is 23.7. The van der Waals surface area contributed by atoms with Crippen molar-refractivity contribution in [1.29, 1.82) is 0 Å². The first-order valence-electron chi connectivity index (χ1n) is 12.0. The van der Waals surface area contributed by atoms with E-state index < -0.39 is 16.9 Å². The van der Waals surface area contributed by atoms with Gasteiger partial charge in [0.2, 0.25) is 8.32 Å². The van der Waals surface area contributed by atoms with Crippen molar-refractivity contribution in [1.82, 2.24) is 0 Å². The Morgan fingerprint density at radius 1 is 0.588 bits per heavy atom. The van der Waals surface area contributed by atoms with E-state index in [-0.39, 0.29) is 0 Å². The lowest BCUT2D eigenvalue weighted by Crippen LogP contribution is -2.74. The highest BCUT2D eigenvalue weighted by atomic mass is 28.4. The van der Waals surface area contributed by atoms with E-state index in [1.807, 2.05) is 12.1 Å². The zero-order valence-electron chi connectivity index (χ0n) is 19.8. The summed E-state index contributed by atoms with van der Waals surface area (Å²) < 4.78 is 14.5. The second-order valence-corrected chi connectivity index (χ2v) is 15.1. The fraction of sp³-hybridized carbons (Fsp3) is 0.172. The molecule has 0 saturated carbocycles. The van der Waals surface area contributed by atoms with Crippen molar-refractivity contribution in [3.8, 4) is 0 Å². The minimum atomic E-state index is -3.08. The molecular formula is C29H33NO2Si2. The quantitative estimate of drug-likeness (QED) is 0.333. The van der Waals surface area contributed by atoms with Crippen molar-refractivity contribution >= 4 is 37.6 Å². The van der Waals surface area contributed by atoms with Crippen LogP contribution in [0.15, 0.2) is 121 Å². The van der Waals surface area contributed by atoms with Crippen LogP contribution in [0.4, 0.5) is 0 Å². The molecule has 5 heteroatoms. The van der Waals surface area contributed by atoms with Gasteiger partial charge in [0, 0.05) is 6.61 Å². The molecule has 3 nitrogen and oxygen atoms in total. The highest BCUT2D eigenvalue weighted by Gasteiger charge is 2.52. The first kappa shape index (κ1) is 24.3. The molecule has 174 valence electrons. The molecule has 4 aromatic rings. The molecule has 0 radical (unpaired) electrons. The van der Waals surface area contributed by atoms with Crippen LogP contribution in [0, 0.1) is 0 Å². The summed E-state index contributed by atoms with van der Waals surface area (Å²) in [6.07, 6.45) is 0.885. The van der Waals surface area contributed by atoms with E-state index in [1.165, 1.54) is 10.4 Å². The van der Waals surface area contributed by atoms with E-state index in [2.05, 4.69) is 116 Å². The molecule has 34 heavy (non-hydrogen) atoms. The lowest BCUT2D eigenvalue weighted by atomic mass is 10.4. The van der Waals surface area contributed by atoms with Gasteiger partial charge in [-0.3, -0.25) is 0 Å². The maximum atomic E-state index is 7.71. The number of rotatable bonds is 11. The van der Waals surface area contributed by atoms with Gasteiger partial charge in [-0.25, -0.2) is 0 Å². The van der Waals surface area contributed by atoms with Gasteiger partial charge in [0.15, 0.2) is 0 Å². The van der Waals surface area contributed by atoms with E-state index in [1.54, 1.807) is 0 Å². The lowest BCUT2D eigenvalue weighted by Gasteiger charge is -2.42. The van der Waals surface area contributed by atoms with E-state index in [0.717, 1.165) is 22.8 Å². The summed E-state index contributed by atoms with van der Waals surface area (Å²) in [6, 6.07) is 43.4. The van der Waals surface area contributed by atoms with Crippen molar-refractivity contribution in [3.05, 3.63) is 121 Å². The summed E-state index contributed by atoms with van der Waals surface area (Å²) in [5, 5.41) is 4.75. The second-order valence-electron chi connectivity index (χ2n) is 8.34. The Hall–Kier alpha value is -2.81. The molecule has 0 atom stereocenters. The van der Waals surface area contributed by atoms with Crippen LogP contribution in [0.3, 0.4) is 0 Å². The van der Waals surface area contributed by atoms with E-state index in [0.29, 0.717) is 13.2 Å². The molecule has 0 amide bonds. The highest BCUT2D eigenvalue weighted by Crippen LogP contribution is 2.23. The maximum absolute atomic E-state index is 7.71. The Bertz CT molecular complexity index is 1050. The predicted molar refractivity (Wildman–Crippen MR) is 147 cm³/mol. The van der Waals surface area contributed by atoms with Crippen LogP contribution in [-0.4, -0.2) is 30.0 Å². The van der Waals surface area contributed by atoms with Crippen LogP contribution in [-0.2, 0) is 8.54 Å². The van der Waals surface area contributed by atoms with Crippen LogP contribution in [0.5, 0.6) is 0 Å². The van der Waals surface area contributed by atoms with Gasteiger partial charge in [-0.05, 0) is 46.7 Å².